The van der Waals surface area contributed by atoms with E-state index in [1.54, 1.807) is 5.57 Å². The van der Waals surface area contributed by atoms with Crippen LogP contribution in [0.1, 0.15) is 52.4 Å². The Morgan fingerprint density at radius 2 is 2.07 bits per heavy atom. The Morgan fingerprint density at radius 3 is 2.80 bits per heavy atom. The van der Waals surface area contributed by atoms with Gasteiger partial charge in [-0.2, -0.15) is 0 Å². The van der Waals surface area contributed by atoms with Crippen molar-refractivity contribution in [2.75, 3.05) is 0 Å². The first-order valence-corrected chi connectivity index (χ1v) is 6.78. The molecule has 84 valence electrons. The maximum Gasteiger partial charge on any atom is -0.0203 e. The normalized spacial score (nSPS) is 54.1. The van der Waals surface area contributed by atoms with Crippen LogP contribution in [-0.2, 0) is 0 Å². The second-order valence-corrected chi connectivity index (χ2v) is 6.79. The second kappa shape index (κ2) is 3.12. The molecule has 0 amide bonds. The molecule has 2 bridgehead atoms. The molecule has 0 saturated heterocycles. The Labute approximate surface area is 94.1 Å². The Morgan fingerprint density at radius 1 is 1.27 bits per heavy atom. The van der Waals surface area contributed by atoms with Crippen LogP contribution in [0, 0.1) is 29.1 Å². The zero-order valence-electron chi connectivity index (χ0n) is 10.3. The molecule has 4 saturated carbocycles. The van der Waals surface area contributed by atoms with Gasteiger partial charge in [0, 0.05) is 0 Å². The third-order valence-electron chi connectivity index (χ3n) is 5.90. The van der Waals surface area contributed by atoms with Gasteiger partial charge in [-0.3, -0.25) is 0 Å². The molecule has 0 heteroatoms. The lowest BCUT2D eigenvalue weighted by Gasteiger charge is -2.40. The molecule has 15 heavy (non-hydrogen) atoms. The van der Waals surface area contributed by atoms with Gasteiger partial charge in [0.15, 0.2) is 0 Å². The van der Waals surface area contributed by atoms with E-state index in [9.17, 15) is 0 Å². The van der Waals surface area contributed by atoms with E-state index in [1.807, 2.05) is 0 Å². The van der Waals surface area contributed by atoms with Gasteiger partial charge in [0.05, 0.1) is 0 Å². The van der Waals surface area contributed by atoms with Gasteiger partial charge >= 0.3 is 0 Å². The molecule has 5 atom stereocenters. The number of fused-ring (bicyclic) bond motifs is 2. The van der Waals surface area contributed by atoms with E-state index in [2.05, 4.69) is 20.4 Å². The Kier molecular flexibility index (Phi) is 2.06. The van der Waals surface area contributed by atoms with Crippen LogP contribution in [0.5, 0.6) is 0 Å². The molecular formula is C15H24. The minimum atomic E-state index is 0.625. The summed E-state index contributed by atoms with van der Waals surface area (Å²) >= 11 is 0. The lowest BCUT2D eigenvalue weighted by molar-refractivity contribution is 0.130. The maximum atomic E-state index is 4.35. The molecular weight excluding hydrogens is 180 g/mol. The van der Waals surface area contributed by atoms with Gasteiger partial charge in [-0.25, -0.2) is 0 Å². The quantitative estimate of drug-likeness (QED) is 0.513. The van der Waals surface area contributed by atoms with Crippen molar-refractivity contribution in [3.63, 3.8) is 0 Å². The van der Waals surface area contributed by atoms with Crippen LogP contribution in [-0.4, -0.2) is 0 Å². The summed E-state index contributed by atoms with van der Waals surface area (Å²) in [6.07, 6.45) is 8.72. The lowest BCUT2D eigenvalue weighted by atomic mass is 9.65. The van der Waals surface area contributed by atoms with Gasteiger partial charge < -0.3 is 0 Å². The fraction of sp³-hybridized carbons (Fsp3) is 0.867. The van der Waals surface area contributed by atoms with Crippen LogP contribution in [0.4, 0.5) is 0 Å². The highest BCUT2D eigenvalue weighted by molar-refractivity contribution is 5.15. The van der Waals surface area contributed by atoms with E-state index in [0.29, 0.717) is 5.41 Å². The summed E-state index contributed by atoms with van der Waals surface area (Å²) < 4.78 is 0. The van der Waals surface area contributed by atoms with Crippen LogP contribution in [0.3, 0.4) is 0 Å². The summed E-state index contributed by atoms with van der Waals surface area (Å²) in [7, 11) is 0. The smallest absolute Gasteiger partial charge is 0.0203 e. The van der Waals surface area contributed by atoms with Crippen LogP contribution < -0.4 is 0 Å². The van der Waals surface area contributed by atoms with Crippen LogP contribution >= 0.6 is 0 Å². The molecule has 4 aliphatic carbocycles. The predicted octanol–water partition coefficient (Wildman–Crippen LogP) is 4.42. The van der Waals surface area contributed by atoms with E-state index in [-0.39, 0.29) is 0 Å². The van der Waals surface area contributed by atoms with Crippen LogP contribution in [0.25, 0.3) is 0 Å². The number of allylic oxidation sites excluding steroid dienone is 1. The molecule has 0 spiro atoms. The van der Waals surface area contributed by atoms with Crippen molar-refractivity contribution >= 4 is 0 Å². The van der Waals surface area contributed by atoms with Gasteiger partial charge in [-0.15, -0.1) is 0 Å². The highest BCUT2D eigenvalue weighted by atomic mass is 14.6. The third kappa shape index (κ3) is 1.33. The number of rotatable bonds is 0. The number of hydrogen-bond donors (Lipinski definition) is 0. The van der Waals surface area contributed by atoms with E-state index >= 15 is 0 Å². The average Bonchev–Trinajstić information content (AvgIpc) is 2.41. The summed E-state index contributed by atoms with van der Waals surface area (Å²) in [5.74, 6) is 3.92. The standard InChI is InChI=1S/C15H24/c1-10-4-5-14-13(10)8-12-6-7-15(14,3)9-11(12)2/h10,12-14H,2,4-9H2,1,3H3/t10-,12-,13-,14+,15?/m1/s1. The van der Waals surface area contributed by atoms with Gasteiger partial charge in [0.2, 0.25) is 0 Å². The highest BCUT2D eigenvalue weighted by Crippen LogP contribution is 2.60. The third-order valence-corrected chi connectivity index (χ3v) is 5.90. The average molecular weight is 204 g/mol. The van der Waals surface area contributed by atoms with Crippen molar-refractivity contribution in [3.05, 3.63) is 12.2 Å². The topological polar surface area (TPSA) is 0 Å². The lowest BCUT2D eigenvalue weighted by Crippen LogP contribution is -2.30. The van der Waals surface area contributed by atoms with Gasteiger partial charge in [-0.05, 0) is 61.2 Å². The first-order chi connectivity index (χ1) is 7.10. The maximum absolute atomic E-state index is 4.35. The fourth-order valence-corrected chi connectivity index (χ4v) is 4.92. The molecule has 0 radical (unpaired) electrons. The van der Waals surface area contributed by atoms with Crippen molar-refractivity contribution in [2.45, 2.75) is 52.4 Å². The van der Waals surface area contributed by atoms with Gasteiger partial charge in [0.1, 0.15) is 0 Å². The molecule has 0 aromatic rings. The molecule has 4 aliphatic rings. The molecule has 1 unspecified atom stereocenters. The summed E-state index contributed by atoms with van der Waals surface area (Å²) in [6.45, 7) is 9.39. The number of hydrogen-bond acceptors (Lipinski definition) is 0. The monoisotopic (exact) mass is 204 g/mol. The zero-order valence-corrected chi connectivity index (χ0v) is 10.3. The Bertz CT molecular complexity index is 290. The van der Waals surface area contributed by atoms with Crippen LogP contribution in [0.15, 0.2) is 12.2 Å². The van der Waals surface area contributed by atoms with E-state index in [4.69, 9.17) is 0 Å². The summed E-state index contributed by atoms with van der Waals surface area (Å²) in [4.78, 5) is 0. The molecule has 0 heterocycles. The highest BCUT2D eigenvalue weighted by Gasteiger charge is 2.50. The van der Waals surface area contributed by atoms with Crippen LogP contribution in [0.2, 0.25) is 0 Å². The fourth-order valence-electron chi connectivity index (χ4n) is 4.92. The predicted molar refractivity (Wildman–Crippen MR) is 64.6 cm³/mol. The molecule has 0 aromatic carbocycles. The minimum Gasteiger partial charge on any atom is -0.0996 e. The van der Waals surface area contributed by atoms with Crippen molar-refractivity contribution < 1.29 is 0 Å². The van der Waals surface area contributed by atoms with E-state index in [0.717, 1.165) is 23.7 Å². The largest absolute Gasteiger partial charge is 0.0996 e. The second-order valence-electron chi connectivity index (χ2n) is 6.79. The minimum absolute atomic E-state index is 0.625. The summed E-state index contributed by atoms with van der Waals surface area (Å²) in [5, 5.41) is 0. The first-order valence-electron chi connectivity index (χ1n) is 6.78. The molecule has 4 fully saturated rings. The molecule has 0 nitrogen and oxygen atoms in total. The molecule has 4 rings (SSSR count). The summed E-state index contributed by atoms with van der Waals surface area (Å²) in [6, 6.07) is 0. The SMILES string of the molecule is C=C1CC2(C)CC[C@@H]1C[C@@H]1[C@H](C)CC[C@@H]12. The zero-order chi connectivity index (χ0) is 10.6. The molecule has 0 aromatic heterocycles. The van der Waals surface area contributed by atoms with Gasteiger partial charge in [-0.1, -0.05) is 32.4 Å². The van der Waals surface area contributed by atoms with E-state index in [1.165, 1.54) is 38.5 Å². The first kappa shape index (κ1) is 9.93. The summed E-state index contributed by atoms with van der Waals surface area (Å²) in [5.41, 5.74) is 2.21. The van der Waals surface area contributed by atoms with Crippen molar-refractivity contribution in [1.29, 1.82) is 0 Å². The van der Waals surface area contributed by atoms with E-state index < -0.39 is 0 Å². The van der Waals surface area contributed by atoms with Crippen molar-refractivity contribution in [3.8, 4) is 0 Å². The van der Waals surface area contributed by atoms with Gasteiger partial charge in [0.25, 0.3) is 0 Å². The molecule has 0 aliphatic heterocycles. The molecule has 0 N–H and O–H groups in total. The van der Waals surface area contributed by atoms with Crippen molar-refractivity contribution in [1.82, 2.24) is 0 Å². The van der Waals surface area contributed by atoms with Crippen molar-refractivity contribution in [2.24, 2.45) is 29.1 Å². The Balaban J connectivity index is 1.98. The Hall–Kier alpha value is -0.260.